The first-order valence-corrected chi connectivity index (χ1v) is 13.6. The molecule has 0 saturated carbocycles. The number of alkyl halides is 5. The largest absolute Gasteiger partial charge is 0.573 e. The highest BCUT2D eigenvalue weighted by Gasteiger charge is 2.41. The molecule has 0 heterocycles. The summed E-state index contributed by atoms with van der Waals surface area (Å²) in [7, 11) is 0. The zero-order chi connectivity index (χ0) is 34.0. The maximum absolute atomic E-state index is 15.2. The molecule has 244 valence electrons. The van der Waals surface area contributed by atoms with Crippen molar-refractivity contribution in [1.29, 1.82) is 0 Å². The SMILES string of the molecule is CC/C=C/CCc1ccc(-c2cc(F)c(-c3cc(F)c(C(F)(F)Oc4cc(F)c(OC(F)(F)F)c(F)c4)c(Cl)c3)c(F)c2)c(F)c1. The summed E-state index contributed by atoms with van der Waals surface area (Å²) in [6.45, 7) is 1.96. The molecule has 0 spiro atoms. The Bertz CT molecular complexity index is 1720. The Labute approximate surface area is 259 Å². The first kappa shape index (κ1) is 34.6. The first-order chi connectivity index (χ1) is 21.5. The molecule has 0 aliphatic carbocycles. The molecule has 0 aliphatic heterocycles. The van der Waals surface area contributed by atoms with Crippen LogP contribution in [0.25, 0.3) is 22.3 Å². The van der Waals surface area contributed by atoms with Gasteiger partial charge in [0.05, 0.1) is 10.6 Å². The lowest BCUT2D eigenvalue weighted by Gasteiger charge is -2.21. The van der Waals surface area contributed by atoms with Gasteiger partial charge < -0.3 is 9.47 Å². The van der Waals surface area contributed by atoms with Crippen molar-refractivity contribution in [3.63, 3.8) is 0 Å². The molecule has 0 atom stereocenters. The first-order valence-electron chi connectivity index (χ1n) is 13.2. The fourth-order valence-electron chi connectivity index (χ4n) is 4.49. The van der Waals surface area contributed by atoms with Gasteiger partial charge in [-0.2, -0.15) is 8.78 Å². The lowest BCUT2D eigenvalue weighted by atomic mass is 9.96. The summed E-state index contributed by atoms with van der Waals surface area (Å²) in [5, 5.41) is -1.14. The van der Waals surface area contributed by atoms with Gasteiger partial charge in [0.1, 0.15) is 34.6 Å². The summed E-state index contributed by atoms with van der Waals surface area (Å²) in [6.07, 6.45) is -4.39. The Hall–Kier alpha value is -4.26. The van der Waals surface area contributed by atoms with E-state index in [0.717, 1.165) is 18.6 Å². The summed E-state index contributed by atoms with van der Waals surface area (Å²) in [5.74, 6) is -12.7. The molecule has 0 fully saturated rings. The van der Waals surface area contributed by atoms with Gasteiger partial charge in [-0.15, -0.1) is 13.2 Å². The standard InChI is InChI=1S/C32H20ClF11O2/c1-2-3-4-5-6-16-7-8-20(22(34)9-16)17-11-23(35)28(24(36)12-17)18-10-21(33)29(25(37)13-18)31(40,41)45-19-14-26(38)30(27(39)15-19)46-32(42,43)44/h3-4,7-15H,2,5-6H2,1H3/b4-3+. The Balaban J connectivity index is 1.62. The third-order valence-electron chi connectivity index (χ3n) is 6.45. The zero-order valence-electron chi connectivity index (χ0n) is 23.3. The average molecular weight is 681 g/mol. The number of rotatable bonds is 10. The summed E-state index contributed by atoms with van der Waals surface area (Å²) in [5.41, 5.74) is -2.97. The minimum atomic E-state index is -5.51. The molecule has 4 aromatic carbocycles. The maximum atomic E-state index is 15.2. The van der Waals surface area contributed by atoms with Crippen molar-refractivity contribution in [1.82, 2.24) is 0 Å². The number of benzene rings is 4. The molecular weight excluding hydrogens is 661 g/mol. The van der Waals surface area contributed by atoms with Gasteiger partial charge in [-0.3, -0.25) is 0 Å². The number of ether oxygens (including phenoxy) is 2. The quantitative estimate of drug-likeness (QED) is 0.123. The Morgan fingerprint density at radius 1 is 0.674 bits per heavy atom. The van der Waals surface area contributed by atoms with E-state index in [2.05, 4.69) is 9.47 Å². The van der Waals surface area contributed by atoms with Crippen LogP contribution in [0.3, 0.4) is 0 Å². The van der Waals surface area contributed by atoms with Crippen molar-refractivity contribution in [2.75, 3.05) is 0 Å². The number of halogens is 12. The van der Waals surface area contributed by atoms with Crippen molar-refractivity contribution >= 4 is 11.6 Å². The molecule has 0 aromatic heterocycles. The minimum absolute atomic E-state index is 0.0775. The lowest BCUT2D eigenvalue weighted by Crippen LogP contribution is -2.24. The van der Waals surface area contributed by atoms with E-state index >= 15 is 8.78 Å². The molecule has 2 nitrogen and oxygen atoms in total. The van der Waals surface area contributed by atoms with Crippen LogP contribution in [0.2, 0.25) is 5.02 Å². The van der Waals surface area contributed by atoms with Gasteiger partial charge in [0.25, 0.3) is 0 Å². The molecule has 14 heteroatoms. The van der Waals surface area contributed by atoms with E-state index in [1.54, 1.807) is 6.07 Å². The van der Waals surface area contributed by atoms with Crippen LogP contribution in [0.5, 0.6) is 11.5 Å². The number of allylic oxidation sites excluding steroid dienone is 2. The molecular formula is C32H20ClF11O2. The van der Waals surface area contributed by atoms with Crippen LogP contribution in [0, 0.1) is 34.9 Å². The van der Waals surface area contributed by atoms with E-state index in [-0.39, 0.29) is 29.3 Å². The lowest BCUT2D eigenvalue weighted by molar-refractivity contribution is -0.276. The minimum Gasteiger partial charge on any atom is -0.429 e. The van der Waals surface area contributed by atoms with Gasteiger partial charge >= 0.3 is 12.5 Å². The second-order valence-corrected chi connectivity index (χ2v) is 10.2. The molecule has 0 saturated heterocycles. The molecule has 0 N–H and O–H groups in total. The normalized spacial score (nSPS) is 12.2. The maximum Gasteiger partial charge on any atom is 0.573 e. The van der Waals surface area contributed by atoms with Gasteiger partial charge in [-0.05, 0) is 66.3 Å². The number of hydrogen-bond donors (Lipinski definition) is 0. The molecule has 0 bridgehead atoms. The Morgan fingerprint density at radius 3 is 1.83 bits per heavy atom. The van der Waals surface area contributed by atoms with Crippen molar-refractivity contribution < 1.29 is 57.8 Å². The summed E-state index contributed by atoms with van der Waals surface area (Å²) in [6, 6.07) is 6.35. The van der Waals surface area contributed by atoms with E-state index in [1.807, 2.05) is 19.1 Å². The predicted octanol–water partition coefficient (Wildman–Crippen LogP) is 11.4. The van der Waals surface area contributed by atoms with E-state index in [4.69, 9.17) is 11.6 Å². The third kappa shape index (κ3) is 7.93. The van der Waals surface area contributed by atoms with Crippen LogP contribution in [0.1, 0.15) is 30.9 Å². The van der Waals surface area contributed by atoms with E-state index < -0.39 is 80.6 Å². The van der Waals surface area contributed by atoms with Crippen LogP contribution < -0.4 is 9.47 Å². The molecule has 0 aliphatic rings. The smallest absolute Gasteiger partial charge is 0.429 e. The van der Waals surface area contributed by atoms with Gasteiger partial charge in [0.2, 0.25) is 5.75 Å². The van der Waals surface area contributed by atoms with Crippen molar-refractivity contribution in [3.8, 4) is 33.8 Å². The van der Waals surface area contributed by atoms with Crippen LogP contribution in [-0.4, -0.2) is 6.36 Å². The third-order valence-corrected chi connectivity index (χ3v) is 6.74. The molecule has 46 heavy (non-hydrogen) atoms. The highest BCUT2D eigenvalue weighted by atomic mass is 35.5. The highest BCUT2D eigenvalue weighted by molar-refractivity contribution is 6.31. The Kier molecular flexibility index (Phi) is 10.2. The fourth-order valence-corrected chi connectivity index (χ4v) is 4.81. The topological polar surface area (TPSA) is 18.5 Å². The average Bonchev–Trinajstić information content (AvgIpc) is 2.91. The second-order valence-electron chi connectivity index (χ2n) is 9.74. The molecule has 0 amide bonds. The second kappa shape index (κ2) is 13.6. The van der Waals surface area contributed by atoms with E-state index in [0.29, 0.717) is 24.5 Å². The van der Waals surface area contributed by atoms with E-state index in [1.165, 1.54) is 12.1 Å². The van der Waals surface area contributed by atoms with Crippen molar-refractivity contribution in [2.24, 2.45) is 0 Å². The van der Waals surface area contributed by atoms with Gasteiger partial charge in [0, 0.05) is 17.7 Å². The number of hydrogen-bond acceptors (Lipinski definition) is 2. The number of aryl methyl sites for hydroxylation is 1. The Morgan fingerprint density at radius 2 is 1.28 bits per heavy atom. The van der Waals surface area contributed by atoms with Crippen LogP contribution in [0.15, 0.2) is 66.7 Å². The predicted molar refractivity (Wildman–Crippen MR) is 147 cm³/mol. The van der Waals surface area contributed by atoms with Crippen molar-refractivity contribution in [3.05, 3.63) is 118 Å². The fraction of sp³-hybridized carbons (Fsp3) is 0.188. The van der Waals surface area contributed by atoms with Crippen molar-refractivity contribution in [2.45, 2.75) is 38.7 Å². The zero-order valence-corrected chi connectivity index (χ0v) is 24.1. The molecule has 0 radical (unpaired) electrons. The van der Waals surface area contributed by atoms with Gasteiger partial charge in [0.15, 0.2) is 11.6 Å². The van der Waals surface area contributed by atoms with Crippen LogP contribution >= 0.6 is 11.6 Å². The van der Waals surface area contributed by atoms with Gasteiger partial charge in [-0.1, -0.05) is 42.8 Å². The van der Waals surface area contributed by atoms with Crippen LogP contribution in [0.4, 0.5) is 48.3 Å². The summed E-state index contributed by atoms with van der Waals surface area (Å²) < 4.78 is 162. The van der Waals surface area contributed by atoms with E-state index in [9.17, 15) is 39.5 Å². The monoisotopic (exact) mass is 680 g/mol. The van der Waals surface area contributed by atoms with Gasteiger partial charge in [-0.25, -0.2) is 26.3 Å². The molecule has 4 rings (SSSR count). The summed E-state index contributed by atoms with van der Waals surface area (Å²) in [4.78, 5) is 0. The summed E-state index contributed by atoms with van der Waals surface area (Å²) >= 11 is 5.82. The molecule has 4 aromatic rings. The van der Waals surface area contributed by atoms with Crippen LogP contribution in [-0.2, 0) is 12.5 Å². The highest BCUT2D eigenvalue weighted by Crippen LogP contribution is 2.42. The molecule has 0 unspecified atom stereocenters.